The van der Waals surface area contributed by atoms with Gasteiger partial charge >= 0.3 is 0 Å². The minimum Gasteiger partial charge on any atom is -0.493 e. The Bertz CT molecular complexity index is 1310. The third kappa shape index (κ3) is 4.23. The highest BCUT2D eigenvalue weighted by Gasteiger charge is 2.30. The van der Waals surface area contributed by atoms with Gasteiger partial charge < -0.3 is 14.5 Å². The molecule has 1 aliphatic heterocycles. The van der Waals surface area contributed by atoms with Crippen molar-refractivity contribution in [3.8, 4) is 11.5 Å². The van der Waals surface area contributed by atoms with E-state index >= 15 is 0 Å². The van der Waals surface area contributed by atoms with Crippen LogP contribution in [0.4, 0.5) is 0 Å². The lowest BCUT2D eigenvalue weighted by molar-refractivity contribution is -0.120. The van der Waals surface area contributed by atoms with Gasteiger partial charge in [0.05, 0.1) is 30.2 Å². The number of benzene rings is 2. The number of methoxy groups -OCH3 is 2. The van der Waals surface area contributed by atoms with Crippen molar-refractivity contribution < 1.29 is 14.3 Å². The Balaban J connectivity index is 1.60. The van der Waals surface area contributed by atoms with Gasteiger partial charge in [-0.15, -0.1) is 0 Å². The Morgan fingerprint density at radius 1 is 1.10 bits per heavy atom. The Kier molecular flexibility index (Phi) is 5.88. The highest BCUT2D eigenvalue weighted by Crippen LogP contribution is 2.35. The maximum atomic E-state index is 12.9. The number of fused-ring (bicyclic) bond motifs is 1. The third-order valence-electron chi connectivity index (χ3n) is 4.54. The largest absolute Gasteiger partial charge is 0.493 e. The van der Waals surface area contributed by atoms with Crippen LogP contribution in [0.25, 0.3) is 23.2 Å². The number of thiocarbonyl (C=S) groups is 1. The molecule has 0 radical (unpaired) electrons. The lowest BCUT2D eigenvalue weighted by Crippen LogP contribution is -2.22. The zero-order chi connectivity index (χ0) is 22.0. The molecular formula is C22H17N3O4S2. The molecule has 0 unspecified atom stereocenters. The summed E-state index contributed by atoms with van der Waals surface area (Å²) in [6.07, 6.45) is 4.69. The van der Waals surface area contributed by atoms with E-state index in [1.54, 1.807) is 44.6 Å². The maximum absolute atomic E-state index is 12.9. The van der Waals surface area contributed by atoms with Crippen LogP contribution in [-0.2, 0) is 4.79 Å². The van der Waals surface area contributed by atoms with Gasteiger partial charge in [0.2, 0.25) is 0 Å². The summed E-state index contributed by atoms with van der Waals surface area (Å²) in [6, 6.07) is 12.6. The van der Waals surface area contributed by atoms with E-state index in [9.17, 15) is 9.59 Å². The molecule has 0 aliphatic carbocycles. The minimum absolute atomic E-state index is 0.191. The number of ether oxygens (including phenoxy) is 2. The van der Waals surface area contributed by atoms with E-state index in [1.807, 2.05) is 18.2 Å². The second-order valence-corrected chi connectivity index (χ2v) is 8.13. The van der Waals surface area contributed by atoms with Gasteiger partial charge in [-0.05, 0) is 42.0 Å². The average molecular weight is 452 g/mol. The molecule has 7 nitrogen and oxygen atoms in total. The molecule has 1 fully saturated rings. The average Bonchev–Trinajstić information content (AvgIpc) is 3.04. The smallest absolute Gasteiger partial charge is 0.274 e. The lowest BCUT2D eigenvalue weighted by atomic mass is 10.2. The molecule has 0 atom stereocenters. The monoisotopic (exact) mass is 451 g/mol. The molecule has 2 aromatic carbocycles. The van der Waals surface area contributed by atoms with Crippen molar-refractivity contribution in [2.45, 2.75) is 0 Å². The highest BCUT2D eigenvalue weighted by molar-refractivity contribution is 8.26. The van der Waals surface area contributed by atoms with Crippen molar-refractivity contribution in [2.75, 3.05) is 14.2 Å². The lowest BCUT2D eigenvalue weighted by Gasteiger charge is -2.08. The molecule has 1 aliphatic rings. The summed E-state index contributed by atoms with van der Waals surface area (Å²) in [5, 5.41) is 0. The number of aromatic amines is 1. The zero-order valence-corrected chi connectivity index (χ0v) is 18.3. The standard InChI is InChI=1S/C22H17N3O4S2/c1-28-17-8-7-13(11-18(17)29-2)12-19-21(27)25(22(30)31-19)10-9-16-20(26)24-15-6-4-3-5-14(15)23-16/h3-12H,1-2H3,(H,24,26)/b10-9+,19-12-. The SMILES string of the molecule is COc1ccc(/C=C2\SC(=S)N(/C=C/c3nc4ccccc4[nH]c3=O)C2=O)cc1OC. The van der Waals surface area contributed by atoms with Crippen molar-refractivity contribution >= 4 is 57.4 Å². The van der Waals surface area contributed by atoms with Crippen LogP contribution in [0.1, 0.15) is 11.3 Å². The van der Waals surface area contributed by atoms with Crippen LogP contribution >= 0.6 is 24.0 Å². The number of hydrogen-bond acceptors (Lipinski definition) is 7. The number of carbonyl (C=O) groups is 1. The van der Waals surface area contributed by atoms with E-state index in [4.69, 9.17) is 21.7 Å². The first-order chi connectivity index (χ1) is 15.0. The van der Waals surface area contributed by atoms with E-state index in [1.165, 1.54) is 28.9 Å². The summed E-state index contributed by atoms with van der Waals surface area (Å²) < 4.78 is 10.9. The van der Waals surface area contributed by atoms with Gasteiger partial charge in [0, 0.05) is 6.20 Å². The summed E-state index contributed by atoms with van der Waals surface area (Å²) in [7, 11) is 3.11. The number of nitrogens with zero attached hydrogens (tertiary/aromatic N) is 2. The van der Waals surface area contributed by atoms with Crippen molar-refractivity contribution in [1.82, 2.24) is 14.9 Å². The molecule has 156 valence electrons. The number of nitrogens with one attached hydrogen (secondary N) is 1. The van der Waals surface area contributed by atoms with E-state index in [2.05, 4.69) is 9.97 Å². The maximum Gasteiger partial charge on any atom is 0.274 e. The number of thioether (sulfide) groups is 1. The van der Waals surface area contributed by atoms with Gasteiger partial charge in [0.1, 0.15) is 5.69 Å². The third-order valence-corrected chi connectivity index (χ3v) is 5.87. The molecule has 31 heavy (non-hydrogen) atoms. The van der Waals surface area contributed by atoms with Crippen LogP contribution in [0, 0.1) is 0 Å². The predicted molar refractivity (Wildman–Crippen MR) is 126 cm³/mol. The fourth-order valence-electron chi connectivity index (χ4n) is 3.00. The van der Waals surface area contributed by atoms with Crippen molar-refractivity contribution in [3.63, 3.8) is 0 Å². The Hall–Kier alpha value is -3.43. The normalized spacial score (nSPS) is 15.4. The van der Waals surface area contributed by atoms with E-state index < -0.39 is 0 Å². The molecule has 0 spiro atoms. The second kappa shape index (κ2) is 8.75. The highest BCUT2D eigenvalue weighted by atomic mass is 32.2. The molecule has 1 aromatic heterocycles. The first kappa shape index (κ1) is 20.8. The number of aromatic nitrogens is 2. The first-order valence-electron chi connectivity index (χ1n) is 9.16. The molecule has 3 aromatic rings. The van der Waals surface area contributed by atoms with Crippen LogP contribution in [0.5, 0.6) is 11.5 Å². The molecule has 9 heteroatoms. The quantitative estimate of drug-likeness (QED) is 0.466. The molecule has 1 N–H and O–H groups in total. The summed E-state index contributed by atoms with van der Waals surface area (Å²) in [4.78, 5) is 34.0. The summed E-state index contributed by atoms with van der Waals surface area (Å²) in [6.45, 7) is 0. The van der Waals surface area contributed by atoms with Gasteiger partial charge in [-0.1, -0.05) is 42.2 Å². The summed E-state index contributed by atoms with van der Waals surface area (Å²) in [5.74, 6) is 0.884. The Morgan fingerprint density at radius 2 is 1.87 bits per heavy atom. The van der Waals surface area contributed by atoms with Crippen LogP contribution in [0.15, 0.2) is 58.4 Å². The molecule has 1 saturated heterocycles. The Labute approximate surface area is 187 Å². The van der Waals surface area contributed by atoms with Gasteiger partial charge in [-0.3, -0.25) is 14.5 Å². The van der Waals surface area contributed by atoms with Crippen LogP contribution in [0.2, 0.25) is 0 Å². The molecule has 1 amide bonds. The van der Waals surface area contributed by atoms with E-state index in [0.29, 0.717) is 31.8 Å². The van der Waals surface area contributed by atoms with Crippen LogP contribution < -0.4 is 15.0 Å². The summed E-state index contributed by atoms with van der Waals surface area (Å²) in [5.41, 5.74) is 1.92. The van der Waals surface area contributed by atoms with Crippen molar-refractivity contribution in [1.29, 1.82) is 0 Å². The van der Waals surface area contributed by atoms with E-state index in [-0.39, 0.29) is 17.2 Å². The van der Waals surface area contributed by atoms with Crippen LogP contribution in [-0.4, -0.2) is 39.3 Å². The van der Waals surface area contributed by atoms with Gasteiger partial charge in [0.15, 0.2) is 15.8 Å². The zero-order valence-electron chi connectivity index (χ0n) is 16.6. The predicted octanol–water partition coefficient (Wildman–Crippen LogP) is 3.81. The van der Waals surface area contributed by atoms with Crippen molar-refractivity contribution in [3.05, 3.63) is 75.2 Å². The Morgan fingerprint density at radius 3 is 2.65 bits per heavy atom. The number of amides is 1. The first-order valence-corrected chi connectivity index (χ1v) is 10.4. The fourth-order valence-corrected chi connectivity index (χ4v) is 4.23. The number of carbonyl (C=O) groups excluding carboxylic acids is 1. The molecule has 0 saturated carbocycles. The van der Waals surface area contributed by atoms with Crippen molar-refractivity contribution in [2.24, 2.45) is 0 Å². The topological polar surface area (TPSA) is 84.5 Å². The molecule has 2 heterocycles. The second-order valence-electron chi connectivity index (χ2n) is 6.45. The van der Waals surface area contributed by atoms with Gasteiger partial charge in [-0.25, -0.2) is 4.98 Å². The number of H-pyrrole nitrogens is 1. The van der Waals surface area contributed by atoms with E-state index in [0.717, 1.165) is 5.56 Å². The summed E-state index contributed by atoms with van der Waals surface area (Å²) >= 11 is 6.53. The van der Waals surface area contributed by atoms with Crippen LogP contribution in [0.3, 0.4) is 0 Å². The molecule has 4 rings (SSSR count). The fraction of sp³-hybridized carbons (Fsp3) is 0.0909. The number of para-hydroxylation sites is 2. The molecular weight excluding hydrogens is 434 g/mol. The molecule has 0 bridgehead atoms. The van der Waals surface area contributed by atoms with Gasteiger partial charge in [-0.2, -0.15) is 0 Å². The minimum atomic E-state index is -0.346. The number of hydrogen-bond donors (Lipinski definition) is 1. The number of rotatable bonds is 5. The van der Waals surface area contributed by atoms with Gasteiger partial charge in [0.25, 0.3) is 11.5 Å².